The Morgan fingerprint density at radius 1 is 0.882 bits per heavy atom. The molecule has 0 amide bonds. The van der Waals surface area contributed by atoms with Gasteiger partial charge in [-0.05, 0) is 48.6 Å². The molecule has 1 aromatic heterocycles. The zero-order valence-corrected chi connectivity index (χ0v) is 19.0. The van der Waals surface area contributed by atoms with E-state index in [2.05, 4.69) is 4.98 Å². The summed E-state index contributed by atoms with van der Waals surface area (Å²) in [5.41, 5.74) is 2.45. The number of anilines is 1. The van der Waals surface area contributed by atoms with Gasteiger partial charge in [0, 0.05) is 17.5 Å². The minimum atomic E-state index is -0.692. The molecule has 0 N–H and O–H groups in total. The first-order chi connectivity index (χ1) is 16.5. The third-order valence-corrected chi connectivity index (χ3v) is 5.17. The van der Waals surface area contributed by atoms with Crippen molar-refractivity contribution in [3.8, 4) is 23.0 Å². The molecule has 0 fully saturated rings. The fraction of sp³-hybridized carbons (Fsp3) is 0.160. The molecule has 1 aliphatic heterocycles. The van der Waals surface area contributed by atoms with E-state index >= 15 is 0 Å². The molecule has 4 rings (SSSR count). The van der Waals surface area contributed by atoms with Gasteiger partial charge in [0.25, 0.3) is 0 Å². The van der Waals surface area contributed by atoms with E-state index in [1.54, 1.807) is 67.8 Å². The van der Waals surface area contributed by atoms with Crippen LogP contribution in [0, 0.1) is 0 Å². The van der Waals surface area contributed by atoms with Crippen LogP contribution in [0.2, 0.25) is 0 Å². The van der Waals surface area contributed by atoms with Crippen molar-refractivity contribution in [2.45, 2.75) is 0 Å². The quantitative estimate of drug-likeness (QED) is 0.503. The number of nitrogens with zero attached hydrogens (tertiary/aromatic N) is 2. The number of fused-ring (bicyclic) bond motifs is 1. The third kappa shape index (κ3) is 4.11. The van der Waals surface area contributed by atoms with Gasteiger partial charge in [-0.25, -0.2) is 14.6 Å². The lowest BCUT2D eigenvalue weighted by atomic mass is 10.1. The van der Waals surface area contributed by atoms with Crippen LogP contribution in [0.3, 0.4) is 0 Å². The first-order valence-electron chi connectivity index (χ1n) is 10.2. The maximum Gasteiger partial charge on any atom is 0.355 e. The lowest BCUT2D eigenvalue weighted by Gasteiger charge is -2.22. The summed E-state index contributed by atoms with van der Waals surface area (Å²) in [6.07, 6.45) is 6.48. The molecule has 34 heavy (non-hydrogen) atoms. The smallest absolute Gasteiger partial charge is 0.355 e. The number of rotatable bonds is 6. The summed E-state index contributed by atoms with van der Waals surface area (Å²) in [5, 5.41) is 0. The Kier molecular flexibility index (Phi) is 6.35. The molecule has 2 aromatic carbocycles. The number of hydrogen-bond acceptors (Lipinski definition) is 9. The molecule has 0 unspecified atom stereocenters. The zero-order chi connectivity index (χ0) is 24.2. The fourth-order valence-corrected chi connectivity index (χ4v) is 3.52. The number of allylic oxidation sites excluding steroid dienone is 2. The number of benzene rings is 2. The first-order valence-corrected chi connectivity index (χ1v) is 10.2. The minimum absolute atomic E-state index is 0.0160. The lowest BCUT2D eigenvalue weighted by Crippen LogP contribution is -2.26. The summed E-state index contributed by atoms with van der Waals surface area (Å²) < 4.78 is 26.4. The normalized spacial score (nSPS) is 13.1. The average Bonchev–Trinajstić information content (AvgIpc) is 3.18. The van der Waals surface area contributed by atoms with E-state index in [-0.39, 0.29) is 11.3 Å². The number of hydrogen-bond donors (Lipinski definition) is 0. The number of oxazole rings is 1. The van der Waals surface area contributed by atoms with Crippen LogP contribution in [-0.4, -0.2) is 45.4 Å². The molecule has 9 nitrogen and oxygen atoms in total. The molecule has 3 aromatic rings. The Bertz CT molecular complexity index is 1350. The molecule has 0 saturated carbocycles. The summed E-state index contributed by atoms with van der Waals surface area (Å²) >= 11 is 0. The highest BCUT2D eigenvalue weighted by atomic mass is 16.5. The largest absolute Gasteiger partial charge is 0.493 e. The van der Waals surface area contributed by atoms with Gasteiger partial charge in [-0.15, -0.1) is 0 Å². The Balaban J connectivity index is 1.79. The van der Waals surface area contributed by atoms with E-state index < -0.39 is 11.9 Å². The highest BCUT2D eigenvalue weighted by Crippen LogP contribution is 2.35. The van der Waals surface area contributed by atoms with Crippen LogP contribution < -0.4 is 14.4 Å². The molecule has 0 radical (unpaired) electrons. The molecule has 9 heteroatoms. The number of carbonyl (C=O) groups is 2. The van der Waals surface area contributed by atoms with Gasteiger partial charge >= 0.3 is 11.9 Å². The SMILES string of the molecule is COC(=O)C1=C(C(=O)OC)N(c2ccc3oc(-c4ccc(OC)c(OC)c4)nc3c2)C=CC=C1. The van der Waals surface area contributed by atoms with Gasteiger partial charge in [-0.2, -0.15) is 0 Å². The summed E-state index contributed by atoms with van der Waals surface area (Å²) in [7, 11) is 5.61. The van der Waals surface area contributed by atoms with E-state index in [0.717, 1.165) is 0 Å². The zero-order valence-electron chi connectivity index (χ0n) is 19.0. The highest BCUT2D eigenvalue weighted by Gasteiger charge is 2.27. The molecule has 1 aliphatic rings. The average molecular weight is 462 g/mol. The molecule has 0 aliphatic carbocycles. The van der Waals surface area contributed by atoms with E-state index in [1.165, 1.54) is 20.3 Å². The third-order valence-electron chi connectivity index (χ3n) is 5.17. The molecular formula is C25H22N2O7. The summed E-state index contributed by atoms with van der Waals surface area (Å²) in [6, 6.07) is 10.6. The predicted molar refractivity (Wildman–Crippen MR) is 124 cm³/mol. The van der Waals surface area contributed by atoms with Gasteiger partial charge in [-0.1, -0.05) is 6.08 Å². The van der Waals surface area contributed by atoms with Crippen molar-refractivity contribution in [3.63, 3.8) is 0 Å². The van der Waals surface area contributed by atoms with Crippen LogP contribution in [0.4, 0.5) is 5.69 Å². The van der Waals surface area contributed by atoms with Crippen LogP contribution in [0.1, 0.15) is 0 Å². The Morgan fingerprint density at radius 3 is 2.35 bits per heavy atom. The van der Waals surface area contributed by atoms with Crippen molar-refractivity contribution in [2.75, 3.05) is 33.3 Å². The fourth-order valence-electron chi connectivity index (χ4n) is 3.52. The van der Waals surface area contributed by atoms with Crippen molar-refractivity contribution in [2.24, 2.45) is 0 Å². The number of methoxy groups -OCH3 is 4. The van der Waals surface area contributed by atoms with Gasteiger partial charge < -0.3 is 28.3 Å². The molecule has 0 bridgehead atoms. The second-order valence-electron chi connectivity index (χ2n) is 7.06. The minimum Gasteiger partial charge on any atom is -0.493 e. The Morgan fingerprint density at radius 2 is 1.65 bits per heavy atom. The first kappa shape index (κ1) is 22.7. The van der Waals surface area contributed by atoms with Crippen molar-refractivity contribution in [1.82, 2.24) is 4.98 Å². The van der Waals surface area contributed by atoms with Crippen molar-refractivity contribution in [3.05, 3.63) is 72.1 Å². The number of aromatic nitrogens is 1. The van der Waals surface area contributed by atoms with Crippen LogP contribution in [0.25, 0.3) is 22.6 Å². The molecule has 0 saturated heterocycles. The lowest BCUT2D eigenvalue weighted by molar-refractivity contribution is -0.139. The van der Waals surface area contributed by atoms with Gasteiger partial charge in [-0.3, -0.25) is 0 Å². The standard InChI is InChI=1S/C25H22N2O7/c1-30-20-10-8-15(13-21(20)31-2)23-26-18-14-16(9-11-19(18)34-23)27-12-6-5-7-17(24(28)32-3)22(27)25(29)33-4/h5-14H,1-4H3. The Labute approximate surface area is 195 Å². The number of esters is 2. The maximum atomic E-state index is 12.6. The summed E-state index contributed by atoms with van der Waals surface area (Å²) in [6.45, 7) is 0. The van der Waals surface area contributed by atoms with Crippen LogP contribution in [0.5, 0.6) is 11.5 Å². The maximum absolute atomic E-state index is 12.6. The van der Waals surface area contributed by atoms with Gasteiger partial charge in [0.05, 0.1) is 34.0 Å². The molecule has 2 heterocycles. The molecular weight excluding hydrogens is 440 g/mol. The van der Waals surface area contributed by atoms with E-state index in [4.69, 9.17) is 23.4 Å². The predicted octanol–water partition coefficient (Wildman–Crippen LogP) is 4.00. The molecule has 174 valence electrons. The van der Waals surface area contributed by atoms with Crippen molar-refractivity contribution < 1.29 is 33.0 Å². The number of carbonyl (C=O) groups excluding carboxylic acids is 2. The van der Waals surface area contributed by atoms with Gasteiger partial charge in [0.15, 0.2) is 17.1 Å². The van der Waals surface area contributed by atoms with Gasteiger partial charge in [0.1, 0.15) is 11.2 Å². The van der Waals surface area contributed by atoms with Crippen LogP contribution in [0.15, 0.2) is 76.5 Å². The van der Waals surface area contributed by atoms with Crippen LogP contribution >= 0.6 is 0 Å². The summed E-state index contributed by atoms with van der Waals surface area (Å²) in [5.74, 6) is 0.176. The monoisotopic (exact) mass is 462 g/mol. The summed E-state index contributed by atoms with van der Waals surface area (Å²) in [4.78, 5) is 31.1. The highest BCUT2D eigenvalue weighted by molar-refractivity contribution is 6.05. The van der Waals surface area contributed by atoms with Crippen molar-refractivity contribution in [1.29, 1.82) is 0 Å². The van der Waals surface area contributed by atoms with E-state index in [0.29, 0.717) is 39.7 Å². The number of ether oxygens (including phenoxy) is 4. The Hall–Kier alpha value is -4.53. The topological polar surface area (TPSA) is 100 Å². The second-order valence-corrected chi connectivity index (χ2v) is 7.06. The van der Waals surface area contributed by atoms with Crippen molar-refractivity contribution >= 4 is 28.7 Å². The van der Waals surface area contributed by atoms with E-state index in [1.807, 2.05) is 6.07 Å². The second kappa shape index (κ2) is 9.53. The van der Waals surface area contributed by atoms with Crippen LogP contribution in [-0.2, 0) is 19.1 Å². The van der Waals surface area contributed by atoms with E-state index in [9.17, 15) is 9.59 Å². The molecule has 0 atom stereocenters. The van der Waals surface area contributed by atoms with Gasteiger partial charge in [0.2, 0.25) is 5.89 Å². The molecule has 0 spiro atoms.